The summed E-state index contributed by atoms with van der Waals surface area (Å²) < 4.78 is 5.84. The van der Waals surface area contributed by atoms with Gasteiger partial charge in [-0.05, 0) is 55.4 Å². The summed E-state index contributed by atoms with van der Waals surface area (Å²) in [5, 5.41) is 8.17. The van der Waals surface area contributed by atoms with Crippen molar-refractivity contribution in [3.63, 3.8) is 0 Å². The van der Waals surface area contributed by atoms with Gasteiger partial charge >= 0.3 is 0 Å². The second-order valence-corrected chi connectivity index (χ2v) is 7.52. The molecule has 4 aliphatic rings. The summed E-state index contributed by atoms with van der Waals surface area (Å²) in [7, 11) is 0. The van der Waals surface area contributed by atoms with Crippen LogP contribution in [0.25, 0.3) is 0 Å². The fourth-order valence-electron chi connectivity index (χ4n) is 4.60. The van der Waals surface area contributed by atoms with Crippen molar-refractivity contribution in [1.82, 2.24) is 0 Å². The summed E-state index contributed by atoms with van der Waals surface area (Å²) in [6.07, 6.45) is 6.08. The van der Waals surface area contributed by atoms with E-state index in [4.69, 9.17) is 4.74 Å². The van der Waals surface area contributed by atoms with Crippen molar-refractivity contribution in [2.75, 3.05) is 11.5 Å². The average molecular weight is 351 g/mol. The van der Waals surface area contributed by atoms with Crippen molar-refractivity contribution in [3.05, 3.63) is 34.9 Å². The van der Waals surface area contributed by atoms with Gasteiger partial charge in [0.25, 0.3) is 5.91 Å². The topological polar surface area (TPSA) is 71.3 Å². The van der Waals surface area contributed by atoms with Crippen LogP contribution in [-0.4, -0.2) is 30.5 Å². The van der Waals surface area contributed by atoms with Crippen molar-refractivity contribution in [1.29, 1.82) is 0 Å². The van der Waals surface area contributed by atoms with Gasteiger partial charge in [-0.25, -0.2) is 0 Å². The van der Waals surface area contributed by atoms with Crippen LogP contribution in [0.2, 0.25) is 0 Å². The van der Waals surface area contributed by atoms with Crippen molar-refractivity contribution in [2.45, 2.75) is 57.0 Å². The molecule has 0 bridgehead atoms. The summed E-state index contributed by atoms with van der Waals surface area (Å²) >= 11 is 0. The summed E-state index contributed by atoms with van der Waals surface area (Å²) in [5.74, 6) is 0.801. The number of hydrogen-bond acceptors (Lipinski definition) is 4. The zero-order chi connectivity index (χ0) is 17.7. The lowest BCUT2D eigenvalue weighted by molar-refractivity contribution is -0.117. The molecule has 26 heavy (non-hydrogen) atoms. The lowest BCUT2D eigenvalue weighted by atomic mass is 9.84. The standard InChI is InChI=1S/C20H21N3O3/c24-19-8-6-13-11-26-18-7-5-12(10-17(18)23(13)19)9-16-14-3-1-2-4-15(14)20(25)22-21-16/h5,7,10,13,16H,1-4,6,8-9,11H2/t13-,16?/m0/s1. The fourth-order valence-corrected chi connectivity index (χ4v) is 4.60. The molecule has 1 fully saturated rings. The van der Waals surface area contributed by atoms with Crippen LogP contribution in [-0.2, 0) is 16.0 Å². The van der Waals surface area contributed by atoms with Crippen LogP contribution >= 0.6 is 0 Å². The largest absolute Gasteiger partial charge is 0.489 e. The van der Waals surface area contributed by atoms with E-state index in [9.17, 15) is 9.59 Å². The molecule has 3 aliphatic heterocycles. The van der Waals surface area contributed by atoms with Crippen molar-refractivity contribution >= 4 is 17.5 Å². The van der Waals surface area contributed by atoms with Gasteiger partial charge in [-0.3, -0.25) is 9.59 Å². The van der Waals surface area contributed by atoms with E-state index in [1.165, 1.54) is 5.57 Å². The third-order valence-corrected chi connectivity index (χ3v) is 5.93. The smallest absolute Gasteiger partial charge is 0.291 e. The van der Waals surface area contributed by atoms with Crippen LogP contribution < -0.4 is 9.64 Å². The zero-order valence-corrected chi connectivity index (χ0v) is 14.6. The van der Waals surface area contributed by atoms with Crippen molar-refractivity contribution in [3.8, 4) is 5.75 Å². The van der Waals surface area contributed by atoms with Gasteiger partial charge < -0.3 is 9.64 Å². The Morgan fingerprint density at radius 1 is 1.15 bits per heavy atom. The van der Waals surface area contributed by atoms with Crippen LogP contribution in [0, 0.1) is 0 Å². The van der Waals surface area contributed by atoms with E-state index in [2.05, 4.69) is 16.3 Å². The second-order valence-electron chi connectivity index (χ2n) is 7.52. The minimum absolute atomic E-state index is 0.0596. The molecule has 1 aromatic carbocycles. The maximum atomic E-state index is 12.3. The number of ether oxygens (including phenoxy) is 1. The number of amides is 2. The van der Waals surface area contributed by atoms with E-state index in [1.807, 2.05) is 17.0 Å². The number of carbonyl (C=O) groups is 2. The van der Waals surface area contributed by atoms with Gasteiger partial charge in [0.1, 0.15) is 12.4 Å². The zero-order valence-electron chi connectivity index (χ0n) is 14.6. The molecule has 0 N–H and O–H groups in total. The van der Waals surface area contributed by atoms with Gasteiger partial charge in [0, 0.05) is 18.4 Å². The first-order valence-corrected chi connectivity index (χ1v) is 9.45. The molecule has 3 heterocycles. The second kappa shape index (κ2) is 6.04. The highest BCUT2D eigenvalue weighted by Crippen LogP contribution is 2.40. The molecule has 0 aromatic heterocycles. The monoisotopic (exact) mass is 351 g/mol. The molecule has 1 saturated heterocycles. The molecule has 0 spiro atoms. The van der Waals surface area contributed by atoms with Crippen LogP contribution in [0.4, 0.5) is 5.69 Å². The highest BCUT2D eigenvalue weighted by atomic mass is 16.5. The quantitative estimate of drug-likeness (QED) is 0.820. The van der Waals surface area contributed by atoms with E-state index in [1.54, 1.807) is 0 Å². The Bertz CT molecular complexity index is 858. The van der Waals surface area contributed by atoms with E-state index in [-0.39, 0.29) is 23.9 Å². The van der Waals surface area contributed by atoms with Crippen LogP contribution in [0.3, 0.4) is 0 Å². The molecule has 6 heteroatoms. The Labute approximate surface area is 151 Å². The highest BCUT2D eigenvalue weighted by Gasteiger charge is 2.37. The third kappa shape index (κ3) is 2.47. The minimum atomic E-state index is -0.153. The summed E-state index contributed by atoms with van der Waals surface area (Å²) in [6.45, 7) is 0.577. The number of hydrogen-bond donors (Lipinski definition) is 0. The number of anilines is 1. The SMILES string of the molecule is O=C1N=NC(Cc2ccc3c(c2)N2C(=O)CC[C@H]2CO3)C2=C1CCCC2. The number of nitrogens with zero attached hydrogens (tertiary/aromatic N) is 3. The Morgan fingerprint density at radius 2 is 2.04 bits per heavy atom. The summed E-state index contributed by atoms with van der Waals surface area (Å²) in [5.41, 5.74) is 4.03. The van der Waals surface area contributed by atoms with Gasteiger partial charge in [0.15, 0.2) is 0 Å². The molecule has 0 saturated carbocycles. The molecule has 1 aliphatic carbocycles. The fraction of sp³-hybridized carbons (Fsp3) is 0.500. The Kier molecular flexibility index (Phi) is 3.65. The number of benzene rings is 1. The Balaban J connectivity index is 1.45. The molecule has 0 radical (unpaired) electrons. The predicted molar refractivity (Wildman–Crippen MR) is 95.3 cm³/mol. The number of azo groups is 1. The Morgan fingerprint density at radius 3 is 2.96 bits per heavy atom. The summed E-state index contributed by atoms with van der Waals surface area (Å²) in [4.78, 5) is 26.2. The molecule has 6 nitrogen and oxygen atoms in total. The molecule has 134 valence electrons. The first kappa shape index (κ1) is 15.7. The van der Waals surface area contributed by atoms with E-state index < -0.39 is 0 Å². The third-order valence-electron chi connectivity index (χ3n) is 5.93. The lowest BCUT2D eigenvalue weighted by Gasteiger charge is -2.32. The number of fused-ring (bicyclic) bond motifs is 3. The van der Waals surface area contributed by atoms with Gasteiger partial charge in [0.2, 0.25) is 5.91 Å². The highest BCUT2D eigenvalue weighted by molar-refractivity contribution is 5.98. The van der Waals surface area contributed by atoms with Gasteiger partial charge in [-0.15, -0.1) is 5.11 Å². The predicted octanol–water partition coefficient (Wildman–Crippen LogP) is 3.35. The molecule has 5 rings (SSSR count). The normalized spacial score (nSPS) is 27.2. The molecule has 2 atom stereocenters. The molecule has 1 unspecified atom stereocenters. The van der Waals surface area contributed by atoms with Gasteiger partial charge in [0.05, 0.1) is 17.8 Å². The van der Waals surface area contributed by atoms with Crippen LogP contribution in [0.5, 0.6) is 5.75 Å². The van der Waals surface area contributed by atoms with Gasteiger partial charge in [-0.2, -0.15) is 5.11 Å². The average Bonchev–Trinajstić information content (AvgIpc) is 3.06. The lowest BCUT2D eigenvalue weighted by Crippen LogP contribution is -2.40. The van der Waals surface area contributed by atoms with Crippen LogP contribution in [0.1, 0.15) is 44.1 Å². The van der Waals surface area contributed by atoms with E-state index in [0.29, 0.717) is 19.4 Å². The van der Waals surface area contributed by atoms with E-state index in [0.717, 1.165) is 54.7 Å². The number of carbonyl (C=O) groups excluding carboxylic acids is 2. The van der Waals surface area contributed by atoms with Gasteiger partial charge in [-0.1, -0.05) is 6.07 Å². The van der Waals surface area contributed by atoms with E-state index >= 15 is 0 Å². The first-order valence-electron chi connectivity index (χ1n) is 9.45. The molecule has 1 aromatic rings. The maximum Gasteiger partial charge on any atom is 0.291 e. The maximum absolute atomic E-state index is 12.3. The molecular weight excluding hydrogens is 330 g/mol. The van der Waals surface area contributed by atoms with Crippen molar-refractivity contribution < 1.29 is 14.3 Å². The number of rotatable bonds is 2. The molecule has 2 amide bonds. The molecular formula is C20H21N3O3. The Hall–Kier alpha value is -2.50. The summed E-state index contributed by atoms with van der Waals surface area (Å²) in [6, 6.07) is 6.14. The van der Waals surface area contributed by atoms with Crippen LogP contribution in [0.15, 0.2) is 39.6 Å². The minimum Gasteiger partial charge on any atom is -0.489 e. The van der Waals surface area contributed by atoms with Crippen molar-refractivity contribution in [2.24, 2.45) is 10.2 Å². The first-order chi connectivity index (χ1) is 12.7.